The summed E-state index contributed by atoms with van der Waals surface area (Å²) in [5, 5.41) is 2.27. The van der Waals surface area contributed by atoms with Crippen LogP contribution in [0, 0.1) is 11.8 Å². The summed E-state index contributed by atoms with van der Waals surface area (Å²) < 4.78 is 0. The van der Waals surface area contributed by atoms with Crippen LogP contribution < -0.4 is 5.32 Å². The van der Waals surface area contributed by atoms with E-state index < -0.39 is 0 Å². The fraction of sp³-hybridized carbons (Fsp3) is 0.438. The van der Waals surface area contributed by atoms with Gasteiger partial charge in [0.05, 0.1) is 0 Å². The van der Waals surface area contributed by atoms with Crippen molar-refractivity contribution in [3.63, 3.8) is 0 Å². The van der Waals surface area contributed by atoms with Crippen molar-refractivity contribution in [2.45, 2.75) is 33.1 Å². The number of piperidine rings is 1. The van der Waals surface area contributed by atoms with Crippen molar-refractivity contribution in [2.75, 3.05) is 0 Å². The maximum Gasteiger partial charge on any atom is 0.226 e. The molecule has 108 valence electrons. The van der Waals surface area contributed by atoms with Gasteiger partial charge in [0.25, 0.3) is 0 Å². The number of carbonyl (C=O) groups is 3. The average Bonchev–Trinajstić information content (AvgIpc) is 2.37. The number of hydrogen-bond donors (Lipinski definition) is 1. The normalized spacial score (nSPS) is 19.0. The third-order valence-corrected chi connectivity index (χ3v) is 3.26. The topological polar surface area (TPSA) is 63.2 Å². The molecule has 0 spiro atoms. The first kappa shape index (κ1) is 16.1. The lowest BCUT2D eigenvalue weighted by atomic mass is 9.93. The molecule has 1 atom stereocenters. The molecule has 1 aliphatic heterocycles. The molecule has 1 N–H and O–H groups in total. The molecule has 1 unspecified atom stereocenters. The summed E-state index contributed by atoms with van der Waals surface area (Å²) in [5.74, 6) is -0.646. The van der Waals surface area contributed by atoms with Crippen LogP contribution in [0.5, 0.6) is 0 Å². The smallest absolute Gasteiger partial charge is 0.226 e. The first-order valence-corrected chi connectivity index (χ1v) is 6.76. The van der Waals surface area contributed by atoms with Crippen molar-refractivity contribution < 1.29 is 14.4 Å². The fourth-order valence-corrected chi connectivity index (χ4v) is 2.09. The molecule has 1 saturated heterocycles. The van der Waals surface area contributed by atoms with Gasteiger partial charge in [-0.2, -0.15) is 0 Å². The SMILES string of the molecule is C=CC(C)=CC(C)C(=O)C=CCC1CC(=O)NC(=O)C1. The summed E-state index contributed by atoms with van der Waals surface area (Å²) in [4.78, 5) is 34.3. The van der Waals surface area contributed by atoms with Crippen LogP contribution in [-0.4, -0.2) is 17.6 Å². The minimum atomic E-state index is -0.233. The number of carbonyl (C=O) groups excluding carboxylic acids is 3. The second-order valence-electron chi connectivity index (χ2n) is 5.19. The first-order valence-electron chi connectivity index (χ1n) is 6.76. The maximum atomic E-state index is 11.9. The zero-order valence-electron chi connectivity index (χ0n) is 12.0. The molecule has 0 aliphatic carbocycles. The summed E-state index contributed by atoms with van der Waals surface area (Å²) in [6.45, 7) is 7.37. The predicted octanol–water partition coefficient (Wildman–Crippen LogP) is 2.32. The third kappa shape index (κ3) is 5.34. The van der Waals surface area contributed by atoms with E-state index in [1.54, 1.807) is 12.2 Å². The highest BCUT2D eigenvalue weighted by Gasteiger charge is 2.23. The van der Waals surface area contributed by atoms with Crippen molar-refractivity contribution >= 4 is 17.6 Å². The van der Waals surface area contributed by atoms with Crippen LogP contribution in [0.15, 0.2) is 36.5 Å². The molecule has 1 rings (SSSR count). The van der Waals surface area contributed by atoms with Gasteiger partial charge in [-0.15, -0.1) is 0 Å². The van der Waals surface area contributed by atoms with E-state index in [1.807, 2.05) is 19.9 Å². The summed E-state index contributed by atoms with van der Waals surface area (Å²) in [7, 11) is 0. The number of nitrogens with one attached hydrogen (secondary N) is 1. The fourth-order valence-electron chi connectivity index (χ4n) is 2.09. The van der Waals surface area contributed by atoms with Gasteiger partial charge in [-0.25, -0.2) is 0 Å². The zero-order chi connectivity index (χ0) is 15.1. The quantitative estimate of drug-likeness (QED) is 0.459. The predicted molar refractivity (Wildman–Crippen MR) is 77.8 cm³/mol. The Morgan fingerprint density at radius 3 is 2.55 bits per heavy atom. The van der Waals surface area contributed by atoms with Crippen LogP contribution in [0.2, 0.25) is 0 Å². The summed E-state index contributed by atoms with van der Waals surface area (Å²) in [6.07, 6.45) is 8.12. The van der Waals surface area contributed by atoms with E-state index in [4.69, 9.17) is 0 Å². The zero-order valence-corrected chi connectivity index (χ0v) is 12.0. The van der Waals surface area contributed by atoms with E-state index in [2.05, 4.69) is 11.9 Å². The van der Waals surface area contributed by atoms with E-state index in [-0.39, 0.29) is 29.4 Å². The van der Waals surface area contributed by atoms with Crippen LogP contribution >= 0.6 is 0 Å². The van der Waals surface area contributed by atoms with Gasteiger partial charge in [-0.1, -0.05) is 37.3 Å². The molecule has 0 aromatic rings. The van der Waals surface area contributed by atoms with Crippen molar-refractivity contribution in [3.8, 4) is 0 Å². The second-order valence-corrected chi connectivity index (χ2v) is 5.19. The van der Waals surface area contributed by atoms with Gasteiger partial charge in [0, 0.05) is 18.8 Å². The highest BCUT2D eigenvalue weighted by molar-refractivity contribution is 5.97. The maximum absolute atomic E-state index is 11.9. The number of hydrogen-bond acceptors (Lipinski definition) is 3. The van der Waals surface area contributed by atoms with Crippen LogP contribution in [0.4, 0.5) is 0 Å². The Bertz CT molecular complexity index is 458. The molecule has 4 nitrogen and oxygen atoms in total. The van der Waals surface area contributed by atoms with Crippen molar-refractivity contribution in [3.05, 3.63) is 36.5 Å². The molecule has 0 aromatic heterocycles. The first-order chi connectivity index (χ1) is 9.42. The molecule has 0 saturated carbocycles. The monoisotopic (exact) mass is 275 g/mol. The van der Waals surface area contributed by atoms with E-state index in [1.165, 1.54) is 6.08 Å². The molecule has 0 radical (unpaired) electrons. The average molecular weight is 275 g/mol. The number of allylic oxidation sites excluding steroid dienone is 5. The number of imide groups is 1. The summed E-state index contributed by atoms with van der Waals surface area (Å²) in [6, 6.07) is 0. The van der Waals surface area contributed by atoms with Gasteiger partial charge in [0.2, 0.25) is 11.8 Å². The molecule has 0 aromatic carbocycles. The van der Waals surface area contributed by atoms with Gasteiger partial charge < -0.3 is 0 Å². The Balaban J connectivity index is 2.48. The summed E-state index contributed by atoms with van der Waals surface area (Å²) in [5.41, 5.74) is 0.966. The van der Waals surface area contributed by atoms with E-state index in [0.717, 1.165) is 5.57 Å². The van der Waals surface area contributed by atoms with Gasteiger partial charge >= 0.3 is 0 Å². The molecule has 1 fully saturated rings. The Hall–Kier alpha value is -1.97. The largest absolute Gasteiger partial charge is 0.296 e. The van der Waals surface area contributed by atoms with Gasteiger partial charge in [-0.05, 0) is 25.3 Å². The van der Waals surface area contributed by atoms with Crippen LogP contribution in [0.1, 0.15) is 33.1 Å². The van der Waals surface area contributed by atoms with Crippen LogP contribution in [-0.2, 0) is 14.4 Å². The lowest BCUT2D eigenvalue weighted by Gasteiger charge is -2.19. The molecular formula is C16H21NO3. The van der Waals surface area contributed by atoms with Crippen LogP contribution in [0.25, 0.3) is 0 Å². The number of amides is 2. The molecule has 1 heterocycles. The molecule has 0 bridgehead atoms. The Morgan fingerprint density at radius 2 is 2.00 bits per heavy atom. The molecule has 2 amide bonds. The number of ketones is 1. The lowest BCUT2D eigenvalue weighted by Crippen LogP contribution is -2.38. The molecule has 4 heteroatoms. The van der Waals surface area contributed by atoms with Crippen molar-refractivity contribution in [2.24, 2.45) is 11.8 Å². The Kier molecular flexibility index (Phi) is 6.10. The standard InChI is InChI=1S/C16H21NO3/c1-4-11(2)8-12(3)14(18)7-5-6-13-9-15(19)17-16(20)10-13/h4-5,7-8,12-13H,1,6,9-10H2,2-3H3,(H,17,19,20). The van der Waals surface area contributed by atoms with Crippen molar-refractivity contribution in [1.82, 2.24) is 5.32 Å². The third-order valence-electron chi connectivity index (χ3n) is 3.26. The number of rotatable bonds is 6. The minimum Gasteiger partial charge on any atom is -0.296 e. The summed E-state index contributed by atoms with van der Waals surface area (Å²) >= 11 is 0. The Morgan fingerprint density at radius 1 is 1.40 bits per heavy atom. The van der Waals surface area contributed by atoms with Crippen molar-refractivity contribution in [1.29, 1.82) is 0 Å². The van der Waals surface area contributed by atoms with Crippen LogP contribution in [0.3, 0.4) is 0 Å². The second kappa shape index (κ2) is 7.58. The minimum absolute atomic E-state index is 0.000981. The van der Waals surface area contributed by atoms with E-state index >= 15 is 0 Å². The molecule has 1 aliphatic rings. The molecule has 20 heavy (non-hydrogen) atoms. The van der Waals surface area contributed by atoms with E-state index in [0.29, 0.717) is 19.3 Å². The van der Waals surface area contributed by atoms with Gasteiger partial charge in [0.15, 0.2) is 5.78 Å². The highest BCUT2D eigenvalue weighted by Crippen LogP contribution is 2.18. The Labute approximate surface area is 119 Å². The van der Waals surface area contributed by atoms with Gasteiger partial charge in [-0.3, -0.25) is 19.7 Å². The highest BCUT2D eigenvalue weighted by atomic mass is 16.2. The lowest BCUT2D eigenvalue weighted by molar-refractivity contribution is -0.134. The van der Waals surface area contributed by atoms with Gasteiger partial charge in [0.1, 0.15) is 0 Å². The van der Waals surface area contributed by atoms with E-state index in [9.17, 15) is 14.4 Å². The molecular weight excluding hydrogens is 254 g/mol.